The van der Waals surface area contributed by atoms with Crippen LogP contribution in [0.4, 0.5) is 0 Å². The number of carbonyl (C=O) groups excluding carboxylic acids is 1. The highest BCUT2D eigenvalue weighted by Crippen LogP contribution is 2.27. The largest absolute Gasteiger partial charge is 0.481 e. The molecule has 0 bridgehead atoms. The molecular formula is C13H19NO4S. The van der Waals surface area contributed by atoms with Crippen molar-refractivity contribution in [2.45, 2.75) is 25.2 Å². The molecule has 0 aromatic carbocycles. The van der Waals surface area contributed by atoms with Gasteiger partial charge >= 0.3 is 5.97 Å². The molecule has 0 aliphatic heterocycles. The molecule has 1 aromatic heterocycles. The summed E-state index contributed by atoms with van der Waals surface area (Å²) in [6.45, 7) is 1.15. The lowest BCUT2D eigenvalue weighted by Crippen LogP contribution is -2.27. The standard InChI is InChI=1S/C13H19NO4S/c1-18-6-3-5-14-12(15)8-10(9-13(16)17)11-4-2-7-19-11/h2,4,7,10H,3,5-6,8-9H2,1H3,(H,14,15)(H,16,17). The van der Waals surface area contributed by atoms with Gasteiger partial charge in [0.2, 0.25) is 5.91 Å². The van der Waals surface area contributed by atoms with Gasteiger partial charge in [-0.1, -0.05) is 6.07 Å². The molecule has 0 spiro atoms. The number of carboxylic acids is 1. The number of thiophene rings is 1. The van der Waals surface area contributed by atoms with Gasteiger partial charge in [-0.05, 0) is 17.9 Å². The second-order valence-electron chi connectivity index (χ2n) is 4.21. The highest BCUT2D eigenvalue weighted by Gasteiger charge is 2.19. The summed E-state index contributed by atoms with van der Waals surface area (Å²) in [7, 11) is 1.61. The highest BCUT2D eigenvalue weighted by atomic mass is 32.1. The summed E-state index contributed by atoms with van der Waals surface area (Å²) in [6, 6.07) is 3.74. The van der Waals surface area contributed by atoms with Crippen molar-refractivity contribution in [3.8, 4) is 0 Å². The Morgan fingerprint density at radius 1 is 1.47 bits per heavy atom. The van der Waals surface area contributed by atoms with Crippen LogP contribution in [0.3, 0.4) is 0 Å². The Labute approximate surface area is 116 Å². The van der Waals surface area contributed by atoms with Crippen LogP contribution in [0.25, 0.3) is 0 Å². The minimum absolute atomic E-state index is 0.0218. The molecule has 0 radical (unpaired) electrons. The molecular weight excluding hydrogens is 266 g/mol. The van der Waals surface area contributed by atoms with Crippen LogP contribution in [-0.2, 0) is 14.3 Å². The minimum atomic E-state index is -0.884. The third-order valence-electron chi connectivity index (χ3n) is 2.65. The third kappa shape index (κ3) is 6.35. The van der Waals surface area contributed by atoms with E-state index in [1.807, 2.05) is 17.5 Å². The predicted octanol–water partition coefficient (Wildman–Crippen LogP) is 1.85. The number of nitrogens with one attached hydrogen (secondary N) is 1. The summed E-state index contributed by atoms with van der Waals surface area (Å²) in [4.78, 5) is 23.5. The number of aliphatic carboxylic acids is 1. The van der Waals surface area contributed by atoms with E-state index in [1.165, 1.54) is 11.3 Å². The zero-order valence-corrected chi connectivity index (χ0v) is 11.7. The molecule has 6 heteroatoms. The fourth-order valence-electron chi connectivity index (χ4n) is 1.75. The molecule has 0 aliphatic rings. The molecule has 1 atom stereocenters. The van der Waals surface area contributed by atoms with E-state index in [-0.39, 0.29) is 24.7 Å². The van der Waals surface area contributed by atoms with Gasteiger partial charge in [0.05, 0.1) is 6.42 Å². The molecule has 1 amide bonds. The van der Waals surface area contributed by atoms with Gasteiger partial charge in [-0.15, -0.1) is 11.3 Å². The van der Waals surface area contributed by atoms with Crippen LogP contribution in [0.15, 0.2) is 17.5 Å². The van der Waals surface area contributed by atoms with Crippen molar-refractivity contribution < 1.29 is 19.4 Å². The Kier molecular flexibility index (Phi) is 7.14. The fourth-order valence-corrected chi connectivity index (χ4v) is 2.58. The molecule has 5 nitrogen and oxygen atoms in total. The Hall–Kier alpha value is -1.40. The molecule has 1 aromatic rings. The lowest BCUT2D eigenvalue weighted by atomic mass is 9.99. The van der Waals surface area contributed by atoms with Crippen LogP contribution in [-0.4, -0.2) is 37.2 Å². The molecule has 1 unspecified atom stereocenters. The van der Waals surface area contributed by atoms with E-state index in [1.54, 1.807) is 7.11 Å². The van der Waals surface area contributed by atoms with Gasteiger partial charge in [0.1, 0.15) is 0 Å². The van der Waals surface area contributed by atoms with Gasteiger partial charge < -0.3 is 15.2 Å². The number of amides is 1. The molecule has 0 saturated carbocycles. The first-order valence-electron chi connectivity index (χ1n) is 6.14. The van der Waals surface area contributed by atoms with Crippen molar-refractivity contribution in [3.05, 3.63) is 22.4 Å². The van der Waals surface area contributed by atoms with E-state index in [0.29, 0.717) is 13.2 Å². The summed E-state index contributed by atoms with van der Waals surface area (Å²) in [6.07, 6.45) is 0.941. The van der Waals surface area contributed by atoms with Crippen LogP contribution in [0.1, 0.15) is 30.1 Å². The number of ether oxygens (including phenoxy) is 1. The zero-order chi connectivity index (χ0) is 14.1. The predicted molar refractivity (Wildman–Crippen MR) is 73.4 cm³/mol. The smallest absolute Gasteiger partial charge is 0.304 e. The summed E-state index contributed by atoms with van der Waals surface area (Å²) >= 11 is 1.48. The third-order valence-corrected chi connectivity index (χ3v) is 3.68. The number of carboxylic acid groups (broad SMARTS) is 1. The van der Waals surface area contributed by atoms with Crippen LogP contribution in [0.2, 0.25) is 0 Å². The van der Waals surface area contributed by atoms with Crippen molar-refractivity contribution in [1.82, 2.24) is 5.32 Å². The van der Waals surface area contributed by atoms with E-state index in [2.05, 4.69) is 5.32 Å². The Bertz CT molecular complexity index is 391. The first kappa shape index (κ1) is 15.7. The summed E-state index contributed by atoms with van der Waals surface area (Å²) in [5, 5.41) is 13.6. The Morgan fingerprint density at radius 3 is 2.84 bits per heavy atom. The topological polar surface area (TPSA) is 75.6 Å². The van der Waals surface area contributed by atoms with Crippen LogP contribution >= 0.6 is 11.3 Å². The Morgan fingerprint density at radius 2 is 2.26 bits per heavy atom. The van der Waals surface area contributed by atoms with E-state index >= 15 is 0 Å². The van der Waals surface area contributed by atoms with Gasteiger partial charge in [0, 0.05) is 37.5 Å². The maximum Gasteiger partial charge on any atom is 0.304 e. The van der Waals surface area contributed by atoms with Crippen molar-refractivity contribution in [3.63, 3.8) is 0 Å². The SMILES string of the molecule is COCCCNC(=O)CC(CC(=O)O)c1cccs1. The van der Waals surface area contributed by atoms with Gasteiger partial charge in [-0.3, -0.25) is 9.59 Å². The van der Waals surface area contributed by atoms with Crippen LogP contribution < -0.4 is 5.32 Å². The summed E-state index contributed by atoms with van der Waals surface area (Å²) in [5.41, 5.74) is 0. The lowest BCUT2D eigenvalue weighted by Gasteiger charge is -2.13. The number of hydrogen-bond acceptors (Lipinski definition) is 4. The van der Waals surface area contributed by atoms with Crippen molar-refractivity contribution in [2.24, 2.45) is 0 Å². The quantitative estimate of drug-likeness (QED) is 0.679. The molecule has 0 saturated heterocycles. The average Bonchev–Trinajstić information content (AvgIpc) is 2.87. The molecule has 19 heavy (non-hydrogen) atoms. The van der Waals surface area contributed by atoms with Crippen LogP contribution in [0, 0.1) is 0 Å². The maximum atomic E-state index is 11.8. The van der Waals surface area contributed by atoms with Crippen molar-refractivity contribution in [2.75, 3.05) is 20.3 Å². The van der Waals surface area contributed by atoms with Gasteiger partial charge in [-0.25, -0.2) is 0 Å². The second-order valence-corrected chi connectivity index (χ2v) is 5.19. The van der Waals surface area contributed by atoms with Gasteiger partial charge in [0.15, 0.2) is 0 Å². The molecule has 0 fully saturated rings. The Balaban J connectivity index is 2.44. The van der Waals surface area contributed by atoms with Crippen molar-refractivity contribution in [1.29, 1.82) is 0 Å². The number of carbonyl (C=O) groups is 2. The van der Waals surface area contributed by atoms with E-state index in [4.69, 9.17) is 9.84 Å². The zero-order valence-electron chi connectivity index (χ0n) is 10.9. The first-order chi connectivity index (χ1) is 9.13. The molecule has 1 heterocycles. The van der Waals surface area contributed by atoms with E-state index < -0.39 is 5.97 Å². The monoisotopic (exact) mass is 285 g/mol. The average molecular weight is 285 g/mol. The van der Waals surface area contributed by atoms with Gasteiger partial charge in [-0.2, -0.15) is 0 Å². The minimum Gasteiger partial charge on any atom is -0.481 e. The maximum absolute atomic E-state index is 11.8. The lowest BCUT2D eigenvalue weighted by molar-refractivity contribution is -0.137. The summed E-state index contributed by atoms with van der Waals surface area (Å²) < 4.78 is 4.89. The number of methoxy groups -OCH3 is 1. The number of rotatable bonds is 9. The second kappa shape index (κ2) is 8.66. The normalized spacial score (nSPS) is 12.1. The fraction of sp³-hybridized carbons (Fsp3) is 0.538. The first-order valence-corrected chi connectivity index (χ1v) is 7.02. The number of hydrogen-bond donors (Lipinski definition) is 2. The van der Waals surface area contributed by atoms with E-state index in [9.17, 15) is 9.59 Å². The van der Waals surface area contributed by atoms with Crippen LogP contribution in [0.5, 0.6) is 0 Å². The molecule has 0 aliphatic carbocycles. The molecule has 2 N–H and O–H groups in total. The summed E-state index contributed by atoms with van der Waals surface area (Å²) in [5.74, 6) is -1.25. The van der Waals surface area contributed by atoms with Gasteiger partial charge in [0.25, 0.3) is 0 Å². The molecule has 1 rings (SSSR count). The van der Waals surface area contributed by atoms with Crippen molar-refractivity contribution >= 4 is 23.2 Å². The van der Waals surface area contributed by atoms with E-state index in [0.717, 1.165) is 11.3 Å². The molecule has 106 valence electrons. The highest BCUT2D eigenvalue weighted by molar-refractivity contribution is 7.10.